The number of pyridine rings is 1. The number of unbranched alkanes of at least 4 members (excludes halogenated alkanes) is 2. The minimum atomic E-state index is -1.19. The SMILES string of the molecule is O=C(O)c1nc(CCCCCN2CCc3ccccc3C2)ccc1O. The standard InChI is InChI=1S/C20H24N2O3/c23-18-10-9-17(21-19(18)20(24)25)8-2-1-5-12-22-13-11-15-6-3-4-7-16(15)14-22/h3-4,6-7,9-10,23H,1-2,5,8,11-14H2,(H,24,25). The van der Waals surface area contributed by atoms with E-state index in [1.54, 1.807) is 6.07 Å². The first-order valence-corrected chi connectivity index (χ1v) is 8.85. The average molecular weight is 340 g/mol. The highest BCUT2D eigenvalue weighted by Gasteiger charge is 2.15. The molecule has 25 heavy (non-hydrogen) atoms. The van der Waals surface area contributed by atoms with Gasteiger partial charge in [-0.25, -0.2) is 9.78 Å². The third-order valence-corrected chi connectivity index (χ3v) is 4.75. The van der Waals surface area contributed by atoms with Crippen molar-refractivity contribution in [2.75, 3.05) is 13.1 Å². The first kappa shape index (κ1) is 17.4. The summed E-state index contributed by atoms with van der Waals surface area (Å²) in [7, 11) is 0. The molecule has 0 bridgehead atoms. The number of hydrogen-bond donors (Lipinski definition) is 2. The number of rotatable bonds is 7. The summed E-state index contributed by atoms with van der Waals surface area (Å²) in [6, 6.07) is 11.8. The summed E-state index contributed by atoms with van der Waals surface area (Å²) in [5.41, 5.74) is 3.39. The second kappa shape index (κ2) is 8.12. The van der Waals surface area contributed by atoms with Gasteiger partial charge in [-0.1, -0.05) is 30.7 Å². The molecule has 0 amide bonds. The lowest BCUT2D eigenvalue weighted by atomic mass is 9.99. The number of carboxylic acid groups (broad SMARTS) is 1. The van der Waals surface area contributed by atoms with Crippen LogP contribution >= 0.6 is 0 Å². The Morgan fingerprint density at radius 2 is 1.88 bits per heavy atom. The van der Waals surface area contributed by atoms with Crippen molar-refractivity contribution >= 4 is 5.97 Å². The van der Waals surface area contributed by atoms with Gasteiger partial charge in [0.2, 0.25) is 0 Å². The van der Waals surface area contributed by atoms with Crippen LogP contribution in [0.4, 0.5) is 0 Å². The molecular formula is C20H24N2O3. The number of aryl methyl sites for hydroxylation is 1. The molecule has 1 aliphatic rings. The van der Waals surface area contributed by atoms with E-state index in [-0.39, 0.29) is 11.4 Å². The highest BCUT2D eigenvalue weighted by atomic mass is 16.4. The zero-order valence-electron chi connectivity index (χ0n) is 14.3. The molecule has 1 aromatic heterocycles. The summed E-state index contributed by atoms with van der Waals surface area (Å²) in [5, 5.41) is 18.5. The second-order valence-corrected chi connectivity index (χ2v) is 6.58. The molecular weight excluding hydrogens is 316 g/mol. The third-order valence-electron chi connectivity index (χ3n) is 4.75. The van der Waals surface area contributed by atoms with Crippen molar-refractivity contribution in [2.24, 2.45) is 0 Å². The molecule has 1 aromatic carbocycles. The number of aromatic carboxylic acids is 1. The predicted molar refractivity (Wildman–Crippen MR) is 95.8 cm³/mol. The lowest BCUT2D eigenvalue weighted by Gasteiger charge is -2.28. The molecule has 0 saturated heterocycles. The van der Waals surface area contributed by atoms with Crippen LogP contribution in [-0.4, -0.2) is 39.2 Å². The molecule has 2 aromatic rings. The molecule has 0 aliphatic carbocycles. The summed E-state index contributed by atoms with van der Waals surface area (Å²) in [4.78, 5) is 17.5. The van der Waals surface area contributed by atoms with Crippen LogP contribution in [0.1, 0.15) is 46.6 Å². The Labute approximate surface area is 147 Å². The molecule has 5 nitrogen and oxygen atoms in total. The second-order valence-electron chi connectivity index (χ2n) is 6.58. The lowest BCUT2D eigenvalue weighted by molar-refractivity contribution is 0.0686. The van der Waals surface area contributed by atoms with E-state index >= 15 is 0 Å². The number of benzene rings is 1. The molecule has 0 saturated carbocycles. The van der Waals surface area contributed by atoms with E-state index in [0.29, 0.717) is 0 Å². The van der Waals surface area contributed by atoms with Crippen LogP contribution in [0.5, 0.6) is 5.75 Å². The average Bonchev–Trinajstić information content (AvgIpc) is 2.62. The lowest BCUT2D eigenvalue weighted by Crippen LogP contribution is -2.31. The quantitative estimate of drug-likeness (QED) is 0.757. The summed E-state index contributed by atoms with van der Waals surface area (Å²) >= 11 is 0. The number of nitrogens with zero attached hydrogens (tertiary/aromatic N) is 2. The van der Waals surface area contributed by atoms with Gasteiger partial charge in [-0.05, 0) is 55.5 Å². The highest BCUT2D eigenvalue weighted by molar-refractivity contribution is 5.88. The van der Waals surface area contributed by atoms with Gasteiger partial charge in [0, 0.05) is 18.8 Å². The zero-order chi connectivity index (χ0) is 17.6. The van der Waals surface area contributed by atoms with Gasteiger partial charge in [-0.3, -0.25) is 4.90 Å². The van der Waals surface area contributed by atoms with Gasteiger partial charge < -0.3 is 10.2 Å². The smallest absolute Gasteiger partial charge is 0.358 e. The number of fused-ring (bicyclic) bond motifs is 1. The summed E-state index contributed by atoms with van der Waals surface area (Å²) < 4.78 is 0. The van der Waals surface area contributed by atoms with Gasteiger partial charge in [0.15, 0.2) is 5.69 Å². The first-order valence-electron chi connectivity index (χ1n) is 8.85. The minimum Gasteiger partial charge on any atom is -0.505 e. The number of aromatic hydroxyl groups is 1. The Morgan fingerprint density at radius 1 is 1.08 bits per heavy atom. The molecule has 5 heteroatoms. The van der Waals surface area contributed by atoms with Crippen molar-refractivity contribution in [3.05, 3.63) is 58.9 Å². The Bertz CT molecular complexity index is 745. The Balaban J connectivity index is 1.40. The zero-order valence-corrected chi connectivity index (χ0v) is 14.3. The van der Waals surface area contributed by atoms with Crippen LogP contribution in [0.15, 0.2) is 36.4 Å². The number of carboxylic acids is 1. The van der Waals surface area contributed by atoms with Gasteiger partial charge in [-0.2, -0.15) is 0 Å². The highest BCUT2D eigenvalue weighted by Crippen LogP contribution is 2.19. The molecule has 0 atom stereocenters. The molecule has 132 valence electrons. The van der Waals surface area contributed by atoms with Crippen molar-refractivity contribution < 1.29 is 15.0 Å². The summed E-state index contributed by atoms with van der Waals surface area (Å²) in [6.07, 6.45) is 5.06. The van der Waals surface area contributed by atoms with Crippen molar-refractivity contribution in [1.82, 2.24) is 9.88 Å². The van der Waals surface area contributed by atoms with E-state index in [2.05, 4.69) is 34.1 Å². The molecule has 2 N–H and O–H groups in total. The summed E-state index contributed by atoms with van der Waals surface area (Å²) in [5.74, 6) is -1.47. The summed E-state index contributed by atoms with van der Waals surface area (Å²) in [6.45, 7) is 3.26. The van der Waals surface area contributed by atoms with E-state index in [1.165, 1.54) is 17.2 Å². The van der Waals surface area contributed by atoms with E-state index in [9.17, 15) is 9.90 Å². The van der Waals surface area contributed by atoms with Crippen LogP contribution in [0.3, 0.4) is 0 Å². The normalized spacial score (nSPS) is 14.2. The maximum absolute atomic E-state index is 11.0. The van der Waals surface area contributed by atoms with Crippen molar-refractivity contribution in [3.63, 3.8) is 0 Å². The number of hydrogen-bond acceptors (Lipinski definition) is 4. The largest absolute Gasteiger partial charge is 0.505 e. The van der Waals surface area contributed by atoms with Gasteiger partial charge in [0.05, 0.1) is 0 Å². The molecule has 2 heterocycles. The van der Waals surface area contributed by atoms with Crippen LogP contribution in [0.25, 0.3) is 0 Å². The topological polar surface area (TPSA) is 73.7 Å². The molecule has 0 spiro atoms. The maximum atomic E-state index is 11.0. The molecule has 3 rings (SSSR count). The Kier molecular flexibility index (Phi) is 5.66. The minimum absolute atomic E-state index is 0.260. The van der Waals surface area contributed by atoms with E-state index in [4.69, 9.17) is 5.11 Å². The predicted octanol–water partition coefficient (Wildman–Crippen LogP) is 3.26. The van der Waals surface area contributed by atoms with Gasteiger partial charge in [-0.15, -0.1) is 0 Å². The third kappa shape index (κ3) is 4.57. The van der Waals surface area contributed by atoms with Crippen LogP contribution in [-0.2, 0) is 19.4 Å². The van der Waals surface area contributed by atoms with Crippen LogP contribution < -0.4 is 0 Å². The first-order chi connectivity index (χ1) is 12.1. The Morgan fingerprint density at radius 3 is 2.68 bits per heavy atom. The van der Waals surface area contributed by atoms with Crippen molar-refractivity contribution in [3.8, 4) is 5.75 Å². The molecule has 1 aliphatic heterocycles. The molecule has 0 radical (unpaired) electrons. The van der Waals surface area contributed by atoms with E-state index in [0.717, 1.165) is 57.4 Å². The number of carbonyl (C=O) groups is 1. The van der Waals surface area contributed by atoms with Crippen molar-refractivity contribution in [2.45, 2.75) is 38.6 Å². The van der Waals surface area contributed by atoms with E-state index < -0.39 is 5.97 Å². The van der Waals surface area contributed by atoms with Gasteiger partial charge in [0.25, 0.3) is 0 Å². The van der Waals surface area contributed by atoms with Crippen LogP contribution in [0.2, 0.25) is 0 Å². The fourth-order valence-corrected chi connectivity index (χ4v) is 3.35. The fraction of sp³-hybridized carbons (Fsp3) is 0.400. The fourth-order valence-electron chi connectivity index (χ4n) is 3.35. The maximum Gasteiger partial charge on any atom is 0.358 e. The van der Waals surface area contributed by atoms with Crippen molar-refractivity contribution in [1.29, 1.82) is 0 Å². The van der Waals surface area contributed by atoms with Gasteiger partial charge >= 0.3 is 5.97 Å². The monoisotopic (exact) mass is 340 g/mol. The molecule has 0 fully saturated rings. The van der Waals surface area contributed by atoms with Crippen LogP contribution in [0, 0.1) is 0 Å². The van der Waals surface area contributed by atoms with Gasteiger partial charge in [0.1, 0.15) is 5.75 Å². The number of aromatic nitrogens is 1. The Hall–Kier alpha value is -2.40. The molecule has 0 unspecified atom stereocenters. The van der Waals surface area contributed by atoms with E-state index in [1.807, 2.05) is 0 Å².